The highest BCUT2D eigenvalue weighted by molar-refractivity contribution is 4.85. The molecule has 0 aromatic carbocycles. The van der Waals surface area contributed by atoms with Crippen LogP contribution in [0, 0.1) is 0 Å². The number of hydrogen-bond acceptors (Lipinski definition) is 5. The maximum atomic E-state index is 10.0. The van der Waals surface area contributed by atoms with Crippen LogP contribution in [-0.2, 0) is 13.6 Å². The number of nitrogens with zero attached hydrogens (tertiary/aromatic N) is 4. The van der Waals surface area contributed by atoms with Crippen molar-refractivity contribution in [2.45, 2.75) is 19.1 Å². The minimum atomic E-state index is -0.734. The summed E-state index contributed by atoms with van der Waals surface area (Å²) in [6.45, 7) is 3.58. The van der Waals surface area contributed by atoms with E-state index in [0.29, 0.717) is 19.6 Å². The lowest BCUT2D eigenvalue weighted by atomic mass is 10.1. The van der Waals surface area contributed by atoms with Crippen LogP contribution in [0.15, 0.2) is 6.33 Å². The molecular formula is C10H21N5O. The second-order valence-electron chi connectivity index (χ2n) is 4.70. The van der Waals surface area contributed by atoms with E-state index in [1.807, 2.05) is 37.5 Å². The van der Waals surface area contributed by atoms with Crippen molar-refractivity contribution in [3.05, 3.63) is 12.2 Å². The SMILES string of the molecule is CN(C)CC(C)(O)CNCc1nncn1C. The largest absolute Gasteiger partial charge is 0.388 e. The minimum Gasteiger partial charge on any atom is -0.388 e. The van der Waals surface area contributed by atoms with E-state index in [4.69, 9.17) is 0 Å². The fourth-order valence-electron chi connectivity index (χ4n) is 1.65. The molecule has 1 rings (SSSR count). The molecule has 0 fully saturated rings. The molecule has 1 aromatic heterocycles. The predicted molar refractivity (Wildman–Crippen MR) is 61.9 cm³/mol. The van der Waals surface area contributed by atoms with Crippen LogP contribution < -0.4 is 5.32 Å². The zero-order valence-electron chi connectivity index (χ0n) is 10.4. The lowest BCUT2D eigenvalue weighted by molar-refractivity contribution is 0.0334. The van der Waals surface area contributed by atoms with E-state index in [1.165, 1.54) is 0 Å². The van der Waals surface area contributed by atoms with Crippen LogP contribution >= 0.6 is 0 Å². The fourth-order valence-corrected chi connectivity index (χ4v) is 1.65. The summed E-state index contributed by atoms with van der Waals surface area (Å²) in [4.78, 5) is 1.96. The molecule has 6 heteroatoms. The molecule has 2 N–H and O–H groups in total. The Balaban J connectivity index is 2.32. The lowest BCUT2D eigenvalue weighted by Crippen LogP contribution is -2.45. The van der Waals surface area contributed by atoms with Crippen molar-refractivity contribution < 1.29 is 5.11 Å². The standard InChI is InChI=1S/C10H21N5O/c1-10(16,7-14(2)3)6-11-5-9-13-12-8-15(9)4/h8,11,16H,5-7H2,1-4H3. The number of aromatic nitrogens is 3. The third-order valence-corrected chi connectivity index (χ3v) is 2.25. The van der Waals surface area contributed by atoms with Crippen molar-refractivity contribution in [3.63, 3.8) is 0 Å². The van der Waals surface area contributed by atoms with Crippen LogP contribution in [0.3, 0.4) is 0 Å². The first-order valence-electron chi connectivity index (χ1n) is 5.31. The maximum Gasteiger partial charge on any atom is 0.146 e. The molecule has 1 heterocycles. The average Bonchev–Trinajstić information content (AvgIpc) is 2.49. The summed E-state index contributed by atoms with van der Waals surface area (Å²) in [5, 5.41) is 21.0. The summed E-state index contributed by atoms with van der Waals surface area (Å²) in [6, 6.07) is 0. The monoisotopic (exact) mass is 227 g/mol. The van der Waals surface area contributed by atoms with Gasteiger partial charge >= 0.3 is 0 Å². The highest BCUT2D eigenvalue weighted by Crippen LogP contribution is 2.03. The molecule has 1 unspecified atom stereocenters. The van der Waals surface area contributed by atoms with Gasteiger partial charge in [-0.05, 0) is 21.0 Å². The van der Waals surface area contributed by atoms with Crippen LogP contribution in [0.4, 0.5) is 0 Å². The van der Waals surface area contributed by atoms with Crippen LogP contribution in [0.25, 0.3) is 0 Å². The smallest absolute Gasteiger partial charge is 0.146 e. The summed E-state index contributed by atoms with van der Waals surface area (Å²) in [6.07, 6.45) is 1.66. The summed E-state index contributed by atoms with van der Waals surface area (Å²) in [7, 11) is 5.78. The Bertz CT molecular complexity index is 321. The third kappa shape index (κ3) is 4.26. The molecule has 0 aliphatic carbocycles. The van der Waals surface area contributed by atoms with Gasteiger partial charge in [-0.15, -0.1) is 10.2 Å². The first kappa shape index (κ1) is 13.1. The number of rotatable bonds is 6. The fraction of sp³-hybridized carbons (Fsp3) is 0.800. The van der Waals surface area contributed by atoms with Gasteiger partial charge in [0, 0.05) is 20.1 Å². The van der Waals surface area contributed by atoms with Gasteiger partial charge in [-0.25, -0.2) is 0 Å². The van der Waals surface area contributed by atoms with Crippen molar-refractivity contribution in [2.24, 2.45) is 7.05 Å². The predicted octanol–water partition coefficient (Wildman–Crippen LogP) is -0.783. The topological polar surface area (TPSA) is 66.2 Å². The van der Waals surface area contributed by atoms with E-state index in [1.54, 1.807) is 6.33 Å². The Hall–Kier alpha value is -0.980. The summed E-state index contributed by atoms with van der Waals surface area (Å²) >= 11 is 0. The Kier molecular flexibility index (Phi) is 4.40. The van der Waals surface area contributed by atoms with Gasteiger partial charge in [0.15, 0.2) is 0 Å². The van der Waals surface area contributed by atoms with E-state index in [2.05, 4.69) is 15.5 Å². The second kappa shape index (κ2) is 5.38. The number of likely N-dealkylation sites (N-methyl/N-ethyl adjacent to an activating group) is 1. The van der Waals surface area contributed by atoms with Crippen molar-refractivity contribution in [2.75, 3.05) is 27.2 Å². The van der Waals surface area contributed by atoms with Gasteiger partial charge in [0.25, 0.3) is 0 Å². The highest BCUT2D eigenvalue weighted by Gasteiger charge is 2.20. The molecule has 0 saturated carbocycles. The zero-order valence-corrected chi connectivity index (χ0v) is 10.4. The Morgan fingerprint density at radius 3 is 2.75 bits per heavy atom. The summed E-state index contributed by atoms with van der Waals surface area (Å²) in [5.41, 5.74) is -0.734. The molecular weight excluding hydrogens is 206 g/mol. The van der Waals surface area contributed by atoms with Gasteiger partial charge in [-0.1, -0.05) is 0 Å². The van der Waals surface area contributed by atoms with Crippen molar-refractivity contribution >= 4 is 0 Å². The van der Waals surface area contributed by atoms with Crippen LogP contribution in [0.5, 0.6) is 0 Å². The number of nitrogens with one attached hydrogen (secondary N) is 1. The van der Waals surface area contributed by atoms with Crippen molar-refractivity contribution in [1.29, 1.82) is 0 Å². The van der Waals surface area contributed by atoms with Crippen molar-refractivity contribution in [1.82, 2.24) is 25.0 Å². The minimum absolute atomic E-state index is 0.526. The molecule has 0 saturated heterocycles. The molecule has 0 bridgehead atoms. The third-order valence-electron chi connectivity index (χ3n) is 2.25. The molecule has 6 nitrogen and oxygen atoms in total. The lowest BCUT2D eigenvalue weighted by Gasteiger charge is -2.27. The molecule has 92 valence electrons. The first-order valence-corrected chi connectivity index (χ1v) is 5.31. The van der Waals surface area contributed by atoms with E-state index in [-0.39, 0.29) is 0 Å². The van der Waals surface area contributed by atoms with Crippen LogP contribution in [-0.4, -0.2) is 57.6 Å². The Morgan fingerprint density at radius 1 is 1.56 bits per heavy atom. The molecule has 0 aliphatic heterocycles. The van der Waals surface area contributed by atoms with Gasteiger partial charge in [-0.2, -0.15) is 0 Å². The average molecular weight is 227 g/mol. The highest BCUT2D eigenvalue weighted by atomic mass is 16.3. The van der Waals surface area contributed by atoms with E-state index >= 15 is 0 Å². The Morgan fingerprint density at radius 2 is 2.25 bits per heavy atom. The maximum absolute atomic E-state index is 10.0. The number of hydrogen-bond donors (Lipinski definition) is 2. The molecule has 0 aliphatic rings. The first-order chi connectivity index (χ1) is 7.41. The van der Waals surface area contributed by atoms with E-state index < -0.39 is 5.60 Å². The molecule has 1 aromatic rings. The van der Waals surface area contributed by atoms with Gasteiger partial charge < -0.3 is 19.9 Å². The van der Waals surface area contributed by atoms with E-state index in [0.717, 1.165) is 5.82 Å². The van der Waals surface area contributed by atoms with Gasteiger partial charge in [-0.3, -0.25) is 0 Å². The summed E-state index contributed by atoms with van der Waals surface area (Å²) in [5.74, 6) is 0.862. The van der Waals surface area contributed by atoms with Gasteiger partial charge in [0.2, 0.25) is 0 Å². The van der Waals surface area contributed by atoms with Crippen LogP contribution in [0.2, 0.25) is 0 Å². The van der Waals surface area contributed by atoms with Gasteiger partial charge in [0.1, 0.15) is 12.2 Å². The summed E-state index contributed by atoms with van der Waals surface area (Å²) < 4.78 is 1.85. The van der Waals surface area contributed by atoms with E-state index in [9.17, 15) is 5.11 Å². The molecule has 1 atom stereocenters. The van der Waals surface area contributed by atoms with Crippen molar-refractivity contribution in [3.8, 4) is 0 Å². The molecule has 0 spiro atoms. The second-order valence-corrected chi connectivity index (χ2v) is 4.70. The van der Waals surface area contributed by atoms with Gasteiger partial charge in [0.05, 0.1) is 12.1 Å². The quantitative estimate of drug-likeness (QED) is 0.667. The number of aryl methyl sites for hydroxylation is 1. The molecule has 16 heavy (non-hydrogen) atoms. The molecule has 0 amide bonds. The molecule has 0 radical (unpaired) electrons. The zero-order chi connectivity index (χ0) is 12.2. The Labute approximate surface area is 96.3 Å². The number of aliphatic hydroxyl groups is 1. The normalized spacial score (nSPS) is 15.4. The van der Waals surface area contributed by atoms with Crippen LogP contribution in [0.1, 0.15) is 12.7 Å².